The molecular formula is C16H14N4O3. The normalized spacial score (nSPS) is 11.1. The second kappa shape index (κ2) is 7.04. The lowest BCUT2D eigenvalue weighted by Gasteiger charge is -2.15. The average molecular weight is 310 g/mol. The molecule has 0 bridgehead atoms. The Bertz CT molecular complexity index is 769. The standard InChI is InChI=1S/C16H14N4O3/c1-11(16(21)19-13-5-3-2-4-6-13)18-14-8-7-12(10-17)9-15(14)20(22)23/h2-9,11,18H,1H3,(H,19,21). The number of anilines is 2. The molecule has 0 aliphatic carbocycles. The number of nitrogens with one attached hydrogen (secondary N) is 2. The van der Waals surface area contributed by atoms with Crippen LogP contribution in [0.2, 0.25) is 0 Å². The van der Waals surface area contributed by atoms with Crippen LogP contribution >= 0.6 is 0 Å². The van der Waals surface area contributed by atoms with Gasteiger partial charge in [0.2, 0.25) is 5.91 Å². The first-order valence-corrected chi connectivity index (χ1v) is 6.82. The van der Waals surface area contributed by atoms with Crippen LogP contribution in [-0.2, 0) is 4.79 Å². The van der Waals surface area contributed by atoms with E-state index < -0.39 is 11.0 Å². The number of para-hydroxylation sites is 1. The van der Waals surface area contributed by atoms with E-state index >= 15 is 0 Å². The van der Waals surface area contributed by atoms with Crippen LogP contribution in [0.3, 0.4) is 0 Å². The molecule has 0 aromatic heterocycles. The Kier molecular flexibility index (Phi) is 4.89. The van der Waals surface area contributed by atoms with Gasteiger partial charge in [-0.25, -0.2) is 0 Å². The Morgan fingerprint density at radius 3 is 2.57 bits per heavy atom. The van der Waals surface area contributed by atoms with Crippen molar-refractivity contribution in [3.05, 3.63) is 64.2 Å². The highest BCUT2D eigenvalue weighted by molar-refractivity contribution is 5.96. The van der Waals surface area contributed by atoms with E-state index in [2.05, 4.69) is 10.6 Å². The van der Waals surface area contributed by atoms with Gasteiger partial charge in [0.15, 0.2) is 0 Å². The Morgan fingerprint density at radius 2 is 1.96 bits per heavy atom. The summed E-state index contributed by atoms with van der Waals surface area (Å²) < 4.78 is 0. The molecule has 1 unspecified atom stereocenters. The first kappa shape index (κ1) is 16.0. The molecular weight excluding hydrogens is 296 g/mol. The third-order valence-corrected chi connectivity index (χ3v) is 3.13. The summed E-state index contributed by atoms with van der Waals surface area (Å²) in [6.07, 6.45) is 0. The molecule has 0 saturated heterocycles. The molecule has 0 radical (unpaired) electrons. The highest BCUT2D eigenvalue weighted by atomic mass is 16.6. The first-order chi connectivity index (χ1) is 11.0. The minimum absolute atomic E-state index is 0.184. The number of benzene rings is 2. The summed E-state index contributed by atoms with van der Waals surface area (Å²) in [5.41, 5.74) is 0.761. The van der Waals surface area contributed by atoms with Gasteiger partial charge in [0.1, 0.15) is 11.7 Å². The van der Waals surface area contributed by atoms with E-state index in [1.165, 1.54) is 18.2 Å². The first-order valence-electron chi connectivity index (χ1n) is 6.82. The quantitative estimate of drug-likeness (QED) is 0.652. The Labute approximate surface area is 132 Å². The summed E-state index contributed by atoms with van der Waals surface area (Å²) in [7, 11) is 0. The number of nitriles is 1. The number of rotatable bonds is 5. The molecule has 1 amide bonds. The molecule has 0 saturated carbocycles. The molecule has 0 spiro atoms. The maximum absolute atomic E-state index is 12.1. The van der Waals surface area contributed by atoms with Crippen molar-refractivity contribution in [2.24, 2.45) is 0 Å². The summed E-state index contributed by atoms with van der Waals surface area (Å²) >= 11 is 0. The third-order valence-electron chi connectivity index (χ3n) is 3.13. The zero-order valence-electron chi connectivity index (χ0n) is 12.3. The highest BCUT2D eigenvalue weighted by Crippen LogP contribution is 2.26. The van der Waals surface area contributed by atoms with Crippen molar-refractivity contribution in [3.63, 3.8) is 0 Å². The van der Waals surface area contributed by atoms with Gasteiger partial charge in [0, 0.05) is 11.8 Å². The predicted molar refractivity (Wildman–Crippen MR) is 86.0 cm³/mol. The molecule has 0 aliphatic rings. The van der Waals surface area contributed by atoms with E-state index in [1.807, 2.05) is 12.1 Å². The van der Waals surface area contributed by atoms with Crippen molar-refractivity contribution in [1.29, 1.82) is 5.26 Å². The van der Waals surface area contributed by atoms with Crippen molar-refractivity contribution < 1.29 is 9.72 Å². The molecule has 2 N–H and O–H groups in total. The van der Waals surface area contributed by atoms with E-state index in [-0.39, 0.29) is 22.8 Å². The molecule has 0 heterocycles. The van der Waals surface area contributed by atoms with Crippen molar-refractivity contribution in [2.45, 2.75) is 13.0 Å². The van der Waals surface area contributed by atoms with E-state index in [0.717, 1.165) is 0 Å². The number of hydrogen-bond acceptors (Lipinski definition) is 5. The van der Waals surface area contributed by atoms with Crippen LogP contribution in [0.1, 0.15) is 12.5 Å². The second-order valence-electron chi connectivity index (χ2n) is 4.82. The summed E-state index contributed by atoms with van der Waals surface area (Å²) in [6.45, 7) is 1.60. The molecule has 2 rings (SSSR count). The van der Waals surface area contributed by atoms with Crippen molar-refractivity contribution in [2.75, 3.05) is 10.6 Å². The van der Waals surface area contributed by atoms with Crippen molar-refractivity contribution in [1.82, 2.24) is 0 Å². The topological polar surface area (TPSA) is 108 Å². The number of amides is 1. The number of carbonyl (C=O) groups is 1. The minimum atomic E-state index is -0.693. The zero-order valence-corrected chi connectivity index (χ0v) is 12.3. The van der Waals surface area contributed by atoms with Crippen molar-refractivity contribution in [3.8, 4) is 6.07 Å². The lowest BCUT2D eigenvalue weighted by molar-refractivity contribution is -0.384. The highest BCUT2D eigenvalue weighted by Gasteiger charge is 2.19. The monoisotopic (exact) mass is 310 g/mol. The fraction of sp³-hybridized carbons (Fsp3) is 0.125. The molecule has 116 valence electrons. The Morgan fingerprint density at radius 1 is 1.26 bits per heavy atom. The van der Waals surface area contributed by atoms with Gasteiger partial charge in [-0.2, -0.15) is 5.26 Å². The van der Waals surface area contributed by atoms with Crippen LogP contribution < -0.4 is 10.6 Å². The van der Waals surface area contributed by atoms with Gasteiger partial charge in [-0.15, -0.1) is 0 Å². The molecule has 0 aliphatic heterocycles. The van der Waals surface area contributed by atoms with Crippen LogP contribution in [0.4, 0.5) is 17.1 Å². The van der Waals surface area contributed by atoms with E-state index in [4.69, 9.17) is 5.26 Å². The predicted octanol–water partition coefficient (Wildman–Crippen LogP) is 2.91. The zero-order chi connectivity index (χ0) is 16.8. The van der Waals surface area contributed by atoms with E-state index in [0.29, 0.717) is 5.69 Å². The Hall–Kier alpha value is -3.40. The number of carbonyl (C=O) groups excluding carboxylic acids is 1. The maximum Gasteiger partial charge on any atom is 0.293 e. The molecule has 2 aromatic carbocycles. The molecule has 7 nitrogen and oxygen atoms in total. The van der Waals surface area contributed by atoms with Crippen molar-refractivity contribution >= 4 is 23.0 Å². The van der Waals surface area contributed by atoms with Gasteiger partial charge in [-0.05, 0) is 31.2 Å². The summed E-state index contributed by atoms with van der Waals surface area (Å²) in [5, 5.41) is 25.4. The number of hydrogen-bond donors (Lipinski definition) is 2. The average Bonchev–Trinajstić information content (AvgIpc) is 2.55. The lowest BCUT2D eigenvalue weighted by atomic mass is 10.1. The largest absolute Gasteiger partial charge is 0.368 e. The summed E-state index contributed by atoms with van der Waals surface area (Å²) in [6, 6.07) is 14.1. The number of nitrogens with zero attached hydrogens (tertiary/aromatic N) is 2. The number of nitro benzene ring substituents is 1. The summed E-state index contributed by atoms with van der Waals surface area (Å²) in [5.74, 6) is -0.324. The fourth-order valence-electron chi connectivity index (χ4n) is 1.95. The fourth-order valence-corrected chi connectivity index (χ4v) is 1.95. The SMILES string of the molecule is CC(Nc1ccc(C#N)cc1[N+](=O)[O-])C(=O)Nc1ccccc1. The maximum atomic E-state index is 12.1. The van der Waals surface area contributed by atoms with Crippen LogP contribution in [-0.4, -0.2) is 16.9 Å². The molecule has 0 fully saturated rings. The molecule has 7 heteroatoms. The molecule has 1 atom stereocenters. The third kappa shape index (κ3) is 4.04. The van der Waals surface area contributed by atoms with Gasteiger partial charge in [-0.3, -0.25) is 14.9 Å². The van der Waals surface area contributed by atoms with Crippen LogP contribution in [0.25, 0.3) is 0 Å². The lowest BCUT2D eigenvalue weighted by Crippen LogP contribution is -2.32. The van der Waals surface area contributed by atoms with Gasteiger partial charge in [0.25, 0.3) is 5.69 Å². The second-order valence-corrected chi connectivity index (χ2v) is 4.82. The van der Waals surface area contributed by atoms with Crippen LogP contribution in [0.15, 0.2) is 48.5 Å². The number of nitro groups is 1. The van der Waals surface area contributed by atoms with E-state index in [9.17, 15) is 14.9 Å². The van der Waals surface area contributed by atoms with Crippen LogP contribution in [0.5, 0.6) is 0 Å². The molecule has 23 heavy (non-hydrogen) atoms. The van der Waals surface area contributed by atoms with Crippen LogP contribution in [0, 0.1) is 21.4 Å². The minimum Gasteiger partial charge on any atom is -0.368 e. The van der Waals surface area contributed by atoms with Gasteiger partial charge in [-0.1, -0.05) is 18.2 Å². The van der Waals surface area contributed by atoms with Gasteiger partial charge >= 0.3 is 0 Å². The molecule has 2 aromatic rings. The Balaban J connectivity index is 2.13. The van der Waals surface area contributed by atoms with Gasteiger partial charge < -0.3 is 10.6 Å². The van der Waals surface area contributed by atoms with Gasteiger partial charge in [0.05, 0.1) is 16.6 Å². The smallest absolute Gasteiger partial charge is 0.293 e. The van der Waals surface area contributed by atoms with E-state index in [1.54, 1.807) is 31.2 Å². The summed E-state index contributed by atoms with van der Waals surface area (Å²) in [4.78, 5) is 22.6.